The molecule has 0 aromatic heterocycles. The molecule has 0 radical (unpaired) electrons. The molecule has 0 saturated carbocycles. The van der Waals surface area contributed by atoms with Crippen LogP contribution in [0.15, 0.2) is 0 Å². The molecule has 0 aliphatic carbocycles. The Morgan fingerprint density at radius 2 is 0.655 bits per heavy atom. The van der Waals surface area contributed by atoms with Crippen LogP contribution in [-0.4, -0.2) is 0 Å². The van der Waals surface area contributed by atoms with Gasteiger partial charge in [0.05, 0.1) is 0 Å². The van der Waals surface area contributed by atoms with E-state index in [-0.39, 0.29) is 0 Å². The first-order chi connectivity index (χ1) is 14.3. The molecule has 0 fully saturated rings. The molecule has 0 aromatic carbocycles. The molecule has 1 atom stereocenters. The van der Waals surface area contributed by atoms with Crippen molar-refractivity contribution in [1.82, 2.24) is 0 Å². The fourth-order valence-electron chi connectivity index (χ4n) is 4.98. The van der Waals surface area contributed by atoms with Gasteiger partial charge in [-0.3, -0.25) is 0 Å². The van der Waals surface area contributed by atoms with Crippen molar-refractivity contribution in [1.29, 1.82) is 0 Å². The molecule has 1 unspecified atom stereocenters. The van der Waals surface area contributed by atoms with Crippen LogP contribution in [0.1, 0.15) is 175 Å². The standard InChI is InChI=1S/C29H60/c1-5-9-12-15-18-21-24-28(8-4)27-29(25-22-19-16-13-10-6-2)26-23-20-17-14-11-7-3/h28-29H,5-27H2,1-4H3. The zero-order valence-corrected chi connectivity index (χ0v) is 21.4. The predicted octanol–water partition coefficient (Wildman–Crippen LogP) is 11.3. The Hall–Kier alpha value is 0. The summed E-state index contributed by atoms with van der Waals surface area (Å²) in [6.45, 7) is 9.42. The van der Waals surface area contributed by atoms with Gasteiger partial charge in [0.15, 0.2) is 0 Å². The van der Waals surface area contributed by atoms with Gasteiger partial charge >= 0.3 is 0 Å². The van der Waals surface area contributed by atoms with Crippen LogP contribution in [0.5, 0.6) is 0 Å². The second kappa shape index (κ2) is 24.3. The van der Waals surface area contributed by atoms with Crippen LogP contribution in [0.3, 0.4) is 0 Å². The number of hydrogen-bond donors (Lipinski definition) is 0. The Kier molecular flexibility index (Phi) is 24.3. The van der Waals surface area contributed by atoms with Gasteiger partial charge < -0.3 is 0 Å². The van der Waals surface area contributed by atoms with E-state index < -0.39 is 0 Å². The summed E-state index contributed by atoms with van der Waals surface area (Å²) in [6.07, 6.45) is 33.7. The minimum absolute atomic E-state index is 1.01. The third-order valence-electron chi connectivity index (χ3n) is 7.14. The van der Waals surface area contributed by atoms with Crippen molar-refractivity contribution >= 4 is 0 Å². The largest absolute Gasteiger partial charge is 0.0654 e. The van der Waals surface area contributed by atoms with Gasteiger partial charge in [0, 0.05) is 0 Å². The molecule has 176 valence electrons. The van der Waals surface area contributed by atoms with Gasteiger partial charge in [-0.1, -0.05) is 169 Å². The average molecular weight is 409 g/mol. The predicted molar refractivity (Wildman–Crippen MR) is 136 cm³/mol. The lowest BCUT2D eigenvalue weighted by molar-refractivity contribution is 0.293. The summed E-state index contributed by atoms with van der Waals surface area (Å²) in [5.74, 6) is 2.03. The fourth-order valence-corrected chi connectivity index (χ4v) is 4.98. The van der Waals surface area contributed by atoms with Crippen molar-refractivity contribution in [2.24, 2.45) is 11.8 Å². The SMILES string of the molecule is CCCCCCCCC(CC)CC(CCCCCCCC)CCCCCCCC. The number of hydrogen-bond acceptors (Lipinski definition) is 0. The highest BCUT2D eigenvalue weighted by molar-refractivity contribution is 4.68. The van der Waals surface area contributed by atoms with Crippen molar-refractivity contribution in [2.75, 3.05) is 0 Å². The first-order valence-electron chi connectivity index (χ1n) is 14.3. The summed E-state index contributed by atoms with van der Waals surface area (Å²) in [5, 5.41) is 0. The molecule has 29 heavy (non-hydrogen) atoms. The lowest BCUT2D eigenvalue weighted by atomic mass is 9.83. The molecule has 0 N–H and O–H groups in total. The van der Waals surface area contributed by atoms with E-state index in [2.05, 4.69) is 27.7 Å². The fraction of sp³-hybridized carbons (Fsp3) is 1.00. The van der Waals surface area contributed by atoms with E-state index in [1.165, 1.54) is 148 Å². The summed E-state index contributed by atoms with van der Waals surface area (Å²) in [4.78, 5) is 0. The Morgan fingerprint density at radius 3 is 1.00 bits per heavy atom. The third kappa shape index (κ3) is 21.0. The van der Waals surface area contributed by atoms with E-state index in [4.69, 9.17) is 0 Å². The summed E-state index contributed by atoms with van der Waals surface area (Å²) < 4.78 is 0. The molecular formula is C29H60. The van der Waals surface area contributed by atoms with E-state index in [1.807, 2.05) is 0 Å². The van der Waals surface area contributed by atoms with Crippen molar-refractivity contribution in [3.63, 3.8) is 0 Å². The van der Waals surface area contributed by atoms with Crippen LogP contribution < -0.4 is 0 Å². The van der Waals surface area contributed by atoms with Gasteiger partial charge in [-0.05, 0) is 18.3 Å². The molecule has 0 heteroatoms. The van der Waals surface area contributed by atoms with Crippen LogP contribution in [0.4, 0.5) is 0 Å². The maximum Gasteiger partial charge on any atom is -0.0412 e. The molecule has 0 aromatic rings. The van der Waals surface area contributed by atoms with Crippen molar-refractivity contribution in [3.05, 3.63) is 0 Å². The molecule has 0 saturated heterocycles. The zero-order valence-electron chi connectivity index (χ0n) is 21.4. The van der Waals surface area contributed by atoms with Crippen molar-refractivity contribution in [2.45, 2.75) is 175 Å². The third-order valence-corrected chi connectivity index (χ3v) is 7.14. The minimum Gasteiger partial charge on any atom is -0.0654 e. The highest BCUT2D eigenvalue weighted by Crippen LogP contribution is 2.29. The van der Waals surface area contributed by atoms with E-state index in [0.29, 0.717) is 0 Å². The second-order valence-electron chi connectivity index (χ2n) is 10.0. The quantitative estimate of drug-likeness (QED) is 0.139. The average Bonchev–Trinajstić information content (AvgIpc) is 2.74. The van der Waals surface area contributed by atoms with Crippen molar-refractivity contribution < 1.29 is 0 Å². The van der Waals surface area contributed by atoms with Crippen LogP contribution in [0.25, 0.3) is 0 Å². The van der Waals surface area contributed by atoms with E-state index in [1.54, 1.807) is 0 Å². The maximum atomic E-state index is 2.45. The lowest BCUT2D eigenvalue weighted by Gasteiger charge is -2.23. The molecule has 0 heterocycles. The number of unbranched alkanes of at least 4 members (excludes halogenated alkanes) is 15. The van der Waals surface area contributed by atoms with Gasteiger partial charge in [0.2, 0.25) is 0 Å². The smallest absolute Gasteiger partial charge is 0.0412 e. The van der Waals surface area contributed by atoms with E-state index >= 15 is 0 Å². The van der Waals surface area contributed by atoms with Crippen LogP contribution in [0.2, 0.25) is 0 Å². The highest BCUT2D eigenvalue weighted by Gasteiger charge is 2.15. The molecule has 0 aliphatic heterocycles. The van der Waals surface area contributed by atoms with Crippen LogP contribution >= 0.6 is 0 Å². The highest BCUT2D eigenvalue weighted by atomic mass is 14.2. The van der Waals surface area contributed by atoms with Gasteiger partial charge in [0.1, 0.15) is 0 Å². The van der Waals surface area contributed by atoms with Crippen LogP contribution in [-0.2, 0) is 0 Å². The molecule has 0 spiro atoms. The summed E-state index contributed by atoms with van der Waals surface area (Å²) >= 11 is 0. The number of rotatable bonds is 24. The second-order valence-corrected chi connectivity index (χ2v) is 10.0. The Morgan fingerprint density at radius 1 is 0.345 bits per heavy atom. The molecular weight excluding hydrogens is 348 g/mol. The minimum atomic E-state index is 1.01. The topological polar surface area (TPSA) is 0 Å². The Balaban J connectivity index is 4.14. The first-order valence-corrected chi connectivity index (χ1v) is 14.3. The summed E-state index contributed by atoms with van der Waals surface area (Å²) in [6, 6.07) is 0. The monoisotopic (exact) mass is 408 g/mol. The van der Waals surface area contributed by atoms with Crippen LogP contribution in [0, 0.1) is 11.8 Å². The van der Waals surface area contributed by atoms with Gasteiger partial charge in [0.25, 0.3) is 0 Å². The van der Waals surface area contributed by atoms with E-state index in [9.17, 15) is 0 Å². The molecule has 0 rings (SSSR count). The lowest BCUT2D eigenvalue weighted by Crippen LogP contribution is -2.09. The molecule has 0 amide bonds. The zero-order chi connectivity index (χ0) is 21.4. The van der Waals surface area contributed by atoms with Gasteiger partial charge in [-0.25, -0.2) is 0 Å². The summed E-state index contributed by atoms with van der Waals surface area (Å²) in [5.41, 5.74) is 0. The molecule has 0 nitrogen and oxygen atoms in total. The maximum absolute atomic E-state index is 2.45. The normalized spacial score (nSPS) is 12.7. The molecule has 0 bridgehead atoms. The van der Waals surface area contributed by atoms with Gasteiger partial charge in [-0.15, -0.1) is 0 Å². The Bertz CT molecular complexity index is 266. The Labute approximate surface area is 187 Å². The van der Waals surface area contributed by atoms with Crippen molar-refractivity contribution in [3.8, 4) is 0 Å². The van der Waals surface area contributed by atoms with Gasteiger partial charge in [-0.2, -0.15) is 0 Å². The van der Waals surface area contributed by atoms with E-state index in [0.717, 1.165) is 11.8 Å². The first kappa shape index (κ1) is 29.0. The molecule has 0 aliphatic rings. The summed E-state index contributed by atoms with van der Waals surface area (Å²) in [7, 11) is 0.